The Morgan fingerprint density at radius 2 is 2.09 bits per heavy atom. The van der Waals surface area contributed by atoms with Crippen LogP contribution in [0.2, 0.25) is 0 Å². The van der Waals surface area contributed by atoms with E-state index in [1.54, 1.807) is 0 Å². The fourth-order valence-corrected chi connectivity index (χ4v) is 3.03. The Bertz CT molecular complexity index is 336. The molecule has 1 aliphatic heterocycles. The van der Waals surface area contributed by atoms with Gasteiger partial charge in [0.1, 0.15) is 0 Å². The van der Waals surface area contributed by atoms with Crippen molar-refractivity contribution in [1.29, 1.82) is 0 Å². The fraction of sp³-hybridized carbons (Fsp3) is 0.941. The normalized spacial score (nSPS) is 24.9. The summed E-state index contributed by atoms with van der Waals surface area (Å²) >= 11 is 0. The Balaban J connectivity index is 0.00000264. The Labute approximate surface area is 158 Å². The van der Waals surface area contributed by atoms with E-state index in [0.29, 0.717) is 12.0 Å². The topological polar surface area (TPSA) is 54.9 Å². The van der Waals surface area contributed by atoms with Gasteiger partial charge in [-0.3, -0.25) is 4.99 Å². The predicted octanol–water partition coefficient (Wildman–Crippen LogP) is 2.79. The molecule has 0 amide bonds. The van der Waals surface area contributed by atoms with E-state index < -0.39 is 0 Å². The highest BCUT2D eigenvalue weighted by molar-refractivity contribution is 14.0. The molecule has 0 spiro atoms. The second-order valence-corrected chi connectivity index (χ2v) is 6.52. The van der Waals surface area contributed by atoms with Crippen LogP contribution in [0.3, 0.4) is 0 Å². The third-order valence-electron chi connectivity index (χ3n) is 4.58. The van der Waals surface area contributed by atoms with Gasteiger partial charge in [0.25, 0.3) is 0 Å². The summed E-state index contributed by atoms with van der Waals surface area (Å²) in [6.45, 7) is 6.68. The molecule has 5 nitrogen and oxygen atoms in total. The number of nitrogens with zero attached hydrogens (tertiary/aromatic N) is 1. The molecule has 2 aliphatic rings. The third kappa shape index (κ3) is 8.54. The average Bonchev–Trinajstić information content (AvgIpc) is 3.28. The van der Waals surface area contributed by atoms with E-state index in [2.05, 4.69) is 22.5 Å². The Morgan fingerprint density at radius 3 is 2.78 bits per heavy atom. The second-order valence-electron chi connectivity index (χ2n) is 6.52. The molecule has 1 saturated carbocycles. The van der Waals surface area contributed by atoms with Crippen molar-refractivity contribution >= 4 is 29.9 Å². The molecule has 2 unspecified atom stereocenters. The molecule has 2 fully saturated rings. The molecule has 2 atom stereocenters. The first kappa shape index (κ1) is 21.0. The first-order valence-electron chi connectivity index (χ1n) is 8.96. The van der Waals surface area contributed by atoms with Crippen LogP contribution in [0.4, 0.5) is 0 Å². The highest BCUT2D eigenvalue weighted by Gasteiger charge is 2.36. The van der Waals surface area contributed by atoms with E-state index in [4.69, 9.17) is 9.47 Å². The van der Waals surface area contributed by atoms with Crippen LogP contribution in [0.15, 0.2) is 4.99 Å². The highest BCUT2D eigenvalue weighted by Crippen LogP contribution is 2.34. The molecule has 0 aromatic rings. The molecule has 136 valence electrons. The molecular formula is C17H34IN3O2. The van der Waals surface area contributed by atoms with Crippen LogP contribution in [0.1, 0.15) is 45.4 Å². The predicted molar refractivity (Wildman–Crippen MR) is 106 cm³/mol. The summed E-state index contributed by atoms with van der Waals surface area (Å²) in [5, 5.41) is 6.88. The summed E-state index contributed by atoms with van der Waals surface area (Å²) in [6, 6.07) is 0.635. The van der Waals surface area contributed by atoms with Crippen molar-refractivity contribution in [3.63, 3.8) is 0 Å². The van der Waals surface area contributed by atoms with Crippen LogP contribution < -0.4 is 10.6 Å². The lowest BCUT2D eigenvalue weighted by Gasteiger charge is -2.21. The van der Waals surface area contributed by atoms with Crippen LogP contribution in [0.5, 0.6) is 0 Å². The zero-order valence-corrected chi connectivity index (χ0v) is 17.0. The van der Waals surface area contributed by atoms with Gasteiger partial charge in [-0.25, -0.2) is 0 Å². The molecule has 0 bridgehead atoms. The minimum atomic E-state index is 0. The van der Waals surface area contributed by atoms with Gasteiger partial charge in [0.05, 0.1) is 0 Å². The quantitative estimate of drug-likeness (QED) is 0.251. The zero-order valence-electron chi connectivity index (χ0n) is 14.7. The van der Waals surface area contributed by atoms with E-state index in [-0.39, 0.29) is 24.0 Å². The summed E-state index contributed by atoms with van der Waals surface area (Å²) in [7, 11) is 1.84. The largest absolute Gasteiger partial charge is 0.381 e. The van der Waals surface area contributed by atoms with Gasteiger partial charge in [0, 0.05) is 46.1 Å². The number of guanidine groups is 1. The smallest absolute Gasteiger partial charge is 0.191 e. The van der Waals surface area contributed by atoms with Gasteiger partial charge in [-0.05, 0) is 43.9 Å². The minimum Gasteiger partial charge on any atom is -0.381 e. The van der Waals surface area contributed by atoms with Gasteiger partial charge in [0.15, 0.2) is 5.96 Å². The van der Waals surface area contributed by atoms with Crippen LogP contribution in [-0.4, -0.2) is 52.0 Å². The number of ether oxygens (including phenoxy) is 2. The Kier molecular flexibility index (Phi) is 11.2. The van der Waals surface area contributed by atoms with Crippen molar-refractivity contribution in [2.24, 2.45) is 16.8 Å². The maximum absolute atomic E-state index is 5.78. The lowest BCUT2D eigenvalue weighted by molar-refractivity contribution is 0.0203. The maximum atomic E-state index is 5.78. The van der Waals surface area contributed by atoms with Crippen LogP contribution in [0, 0.1) is 11.8 Å². The highest BCUT2D eigenvalue weighted by atomic mass is 127. The number of halogens is 1. The maximum Gasteiger partial charge on any atom is 0.191 e. The van der Waals surface area contributed by atoms with Gasteiger partial charge in [-0.15, -0.1) is 24.0 Å². The lowest BCUT2D eigenvalue weighted by atomic mass is 10.0. The first-order chi connectivity index (χ1) is 10.8. The number of nitrogens with one attached hydrogen (secondary N) is 2. The summed E-state index contributed by atoms with van der Waals surface area (Å²) < 4.78 is 11.1. The average molecular weight is 439 g/mol. The van der Waals surface area contributed by atoms with E-state index in [0.717, 1.165) is 64.1 Å². The van der Waals surface area contributed by atoms with Gasteiger partial charge >= 0.3 is 0 Å². The van der Waals surface area contributed by atoms with Gasteiger partial charge < -0.3 is 20.1 Å². The molecule has 1 aliphatic carbocycles. The Hall–Kier alpha value is -0.0800. The lowest BCUT2D eigenvalue weighted by Crippen LogP contribution is -2.39. The van der Waals surface area contributed by atoms with Crippen molar-refractivity contribution in [3.8, 4) is 0 Å². The molecule has 2 N–H and O–H groups in total. The van der Waals surface area contributed by atoms with Crippen molar-refractivity contribution in [2.75, 3.05) is 40.0 Å². The number of hydrogen-bond acceptors (Lipinski definition) is 3. The van der Waals surface area contributed by atoms with Crippen molar-refractivity contribution in [2.45, 2.75) is 51.5 Å². The van der Waals surface area contributed by atoms with Crippen LogP contribution in [0.25, 0.3) is 0 Å². The van der Waals surface area contributed by atoms with E-state index >= 15 is 0 Å². The SMILES string of the molecule is CCCC1CC1NC(=NC)NCCCOCC1CCOCC1.I. The molecule has 0 radical (unpaired) electrons. The minimum absolute atomic E-state index is 0. The van der Waals surface area contributed by atoms with E-state index in [9.17, 15) is 0 Å². The Morgan fingerprint density at radius 1 is 1.30 bits per heavy atom. The standard InChI is InChI=1S/C17H33N3O2.HI/c1-3-5-15-12-16(15)20-17(18-2)19-8-4-9-22-13-14-6-10-21-11-7-14;/h14-16H,3-13H2,1-2H3,(H2,18,19,20);1H. The van der Waals surface area contributed by atoms with E-state index in [1.807, 2.05) is 7.05 Å². The molecule has 6 heteroatoms. The second kappa shape index (κ2) is 12.3. The summed E-state index contributed by atoms with van der Waals surface area (Å²) in [6.07, 6.45) is 7.22. The third-order valence-corrected chi connectivity index (χ3v) is 4.58. The number of hydrogen-bond donors (Lipinski definition) is 2. The van der Waals surface area contributed by atoms with Crippen LogP contribution in [-0.2, 0) is 9.47 Å². The molecule has 1 saturated heterocycles. The summed E-state index contributed by atoms with van der Waals surface area (Å²) in [5.41, 5.74) is 0. The number of rotatable bonds is 9. The van der Waals surface area contributed by atoms with Crippen molar-refractivity contribution in [1.82, 2.24) is 10.6 Å². The first-order valence-corrected chi connectivity index (χ1v) is 8.96. The van der Waals surface area contributed by atoms with Gasteiger partial charge in [0.2, 0.25) is 0 Å². The molecular weight excluding hydrogens is 405 g/mol. The zero-order chi connectivity index (χ0) is 15.6. The molecule has 23 heavy (non-hydrogen) atoms. The summed E-state index contributed by atoms with van der Waals surface area (Å²) in [5.74, 6) is 2.49. The monoisotopic (exact) mass is 439 g/mol. The number of aliphatic imine (C=N–C) groups is 1. The molecule has 2 rings (SSSR count). The molecule has 0 aromatic heterocycles. The van der Waals surface area contributed by atoms with Gasteiger partial charge in [-0.1, -0.05) is 13.3 Å². The summed E-state index contributed by atoms with van der Waals surface area (Å²) in [4.78, 5) is 4.29. The van der Waals surface area contributed by atoms with E-state index in [1.165, 1.54) is 19.3 Å². The van der Waals surface area contributed by atoms with Crippen LogP contribution >= 0.6 is 24.0 Å². The molecule has 1 heterocycles. The van der Waals surface area contributed by atoms with Crippen molar-refractivity contribution in [3.05, 3.63) is 0 Å². The van der Waals surface area contributed by atoms with Gasteiger partial charge in [-0.2, -0.15) is 0 Å². The fourth-order valence-electron chi connectivity index (χ4n) is 3.03. The van der Waals surface area contributed by atoms with Crippen molar-refractivity contribution < 1.29 is 9.47 Å². The molecule has 0 aromatic carbocycles.